The molecule has 0 aliphatic carbocycles. The average Bonchev–Trinajstić information content (AvgIpc) is 2.24. The van der Waals surface area contributed by atoms with Gasteiger partial charge in [0.2, 0.25) is 0 Å². The number of anilines is 1. The van der Waals surface area contributed by atoms with Gasteiger partial charge in [0.05, 0.1) is 11.3 Å². The van der Waals surface area contributed by atoms with Crippen LogP contribution >= 0.6 is 0 Å². The highest BCUT2D eigenvalue weighted by Crippen LogP contribution is 2.28. The van der Waals surface area contributed by atoms with Crippen LogP contribution in [-0.4, -0.2) is 18.2 Å². The molecule has 0 radical (unpaired) electrons. The predicted molar refractivity (Wildman–Crippen MR) is 67.8 cm³/mol. The number of aryl methyl sites for hydroxylation is 1. The summed E-state index contributed by atoms with van der Waals surface area (Å²) in [6, 6.07) is 2.57. The van der Waals surface area contributed by atoms with E-state index in [0.717, 1.165) is 12.8 Å². The van der Waals surface area contributed by atoms with Crippen molar-refractivity contribution in [2.45, 2.75) is 45.3 Å². The molecule has 4 heteroatoms. The lowest BCUT2D eigenvalue weighted by molar-refractivity contribution is -0.0553. The van der Waals surface area contributed by atoms with Gasteiger partial charge in [-0.1, -0.05) is 0 Å². The number of rotatable bonds is 2. The molecule has 1 aromatic rings. The van der Waals surface area contributed by atoms with E-state index in [4.69, 9.17) is 4.74 Å². The maximum absolute atomic E-state index is 13.7. The zero-order valence-electron chi connectivity index (χ0n) is 11.0. The van der Waals surface area contributed by atoms with Gasteiger partial charge < -0.3 is 10.1 Å². The summed E-state index contributed by atoms with van der Waals surface area (Å²) in [6.07, 6.45) is 1.58. The molecule has 1 aliphatic rings. The lowest BCUT2D eigenvalue weighted by Crippen LogP contribution is -2.40. The van der Waals surface area contributed by atoms with Crippen molar-refractivity contribution < 1.29 is 13.5 Å². The number of benzene rings is 1. The van der Waals surface area contributed by atoms with Crippen molar-refractivity contribution in [1.82, 2.24) is 0 Å². The predicted octanol–water partition coefficient (Wildman–Crippen LogP) is 3.64. The Morgan fingerprint density at radius 3 is 2.67 bits per heavy atom. The molecule has 2 nitrogen and oxygen atoms in total. The topological polar surface area (TPSA) is 21.3 Å². The van der Waals surface area contributed by atoms with Gasteiger partial charge in [0.1, 0.15) is 11.6 Å². The Morgan fingerprint density at radius 1 is 1.28 bits per heavy atom. The third kappa shape index (κ3) is 2.99. The largest absolute Gasteiger partial charge is 0.380 e. The summed E-state index contributed by atoms with van der Waals surface area (Å²) in [5, 5.41) is 3.08. The van der Waals surface area contributed by atoms with Gasteiger partial charge in [0, 0.05) is 18.7 Å². The molecule has 1 N–H and O–H groups in total. The fraction of sp³-hybridized carbons (Fsp3) is 0.571. The van der Waals surface area contributed by atoms with Crippen molar-refractivity contribution in [1.29, 1.82) is 0 Å². The zero-order valence-corrected chi connectivity index (χ0v) is 11.0. The minimum Gasteiger partial charge on any atom is -0.380 e. The van der Waals surface area contributed by atoms with E-state index in [1.807, 2.05) is 13.8 Å². The van der Waals surface area contributed by atoms with Crippen molar-refractivity contribution in [2.24, 2.45) is 0 Å². The maximum atomic E-state index is 13.7. The van der Waals surface area contributed by atoms with Crippen LogP contribution in [0.2, 0.25) is 0 Å². The molecule has 0 aromatic heterocycles. The SMILES string of the molecule is Cc1cc(F)c(NC2CCOC(C)(C)C2)cc1F. The van der Waals surface area contributed by atoms with Crippen LogP contribution in [0, 0.1) is 18.6 Å². The molecule has 100 valence electrons. The Morgan fingerprint density at radius 2 is 2.00 bits per heavy atom. The van der Waals surface area contributed by atoms with E-state index >= 15 is 0 Å². The van der Waals surface area contributed by atoms with Gasteiger partial charge in [-0.25, -0.2) is 8.78 Å². The molecular weight excluding hydrogens is 236 g/mol. The molecule has 0 bridgehead atoms. The second-order valence-electron chi connectivity index (χ2n) is 5.52. The summed E-state index contributed by atoms with van der Waals surface area (Å²) in [7, 11) is 0. The van der Waals surface area contributed by atoms with Gasteiger partial charge in [0.25, 0.3) is 0 Å². The van der Waals surface area contributed by atoms with Crippen LogP contribution in [0.5, 0.6) is 0 Å². The average molecular weight is 255 g/mol. The molecule has 1 fully saturated rings. The Bertz CT molecular complexity index is 446. The first-order chi connectivity index (χ1) is 8.37. The summed E-state index contributed by atoms with van der Waals surface area (Å²) in [5.41, 5.74) is 0.349. The molecule has 0 spiro atoms. The number of hydrogen-bond acceptors (Lipinski definition) is 2. The third-order valence-electron chi connectivity index (χ3n) is 3.31. The third-order valence-corrected chi connectivity index (χ3v) is 3.31. The van der Waals surface area contributed by atoms with Crippen molar-refractivity contribution in [3.8, 4) is 0 Å². The highest BCUT2D eigenvalue weighted by molar-refractivity contribution is 5.47. The highest BCUT2D eigenvalue weighted by atomic mass is 19.1. The molecule has 1 heterocycles. The van der Waals surface area contributed by atoms with E-state index in [-0.39, 0.29) is 23.1 Å². The van der Waals surface area contributed by atoms with E-state index in [1.165, 1.54) is 12.1 Å². The lowest BCUT2D eigenvalue weighted by Gasteiger charge is -2.36. The van der Waals surface area contributed by atoms with Crippen LogP contribution in [0.3, 0.4) is 0 Å². The first-order valence-corrected chi connectivity index (χ1v) is 6.23. The second kappa shape index (κ2) is 4.84. The van der Waals surface area contributed by atoms with Crippen LogP contribution in [-0.2, 0) is 4.74 Å². The fourth-order valence-electron chi connectivity index (χ4n) is 2.33. The summed E-state index contributed by atoms with van der Waals surface area (Å²) < 4.78 is 32.8. The van der Waals surface area contributed by atoms with Crippen molar-refractivity contribution in [3.63, 3.8) is 0 Å². The quantitative estimate of drug-likeness (QED) is 0.871. The normalized spacial score (nSPS) is 22.8. The van der Waals surface area contributed by atoms with Crippen LogP contribution in [0.4, 0.5) is 14.5 Å². The molecule has 1 unspecified atom stereocenters. The van der Waals surface area contributed by atoms with Crippen molar-refractivity contribution in [2.75, 3.05) is 11.9 Å². The van der Waals surface area contributed by atoms with Crippen LogP contribution in [0.1, 0.15) is 32.3 Å². The standard InChI is InChI=1S/C14H19F2NO/c1-9-6-12(16)13(7-11(9)15)17-10-4-5-18-14(2,3)8-10/h6-7,10,17H,4-5,8H2,1-3H3. The fourth-order valence-corrected chi connectivity index (χ4v) is 2.33. The molecule has 1 aromatic carbocycles. The van der Waals surface area contributed by atoms with Gasteiger partial charge in [-0.05, 0) is 45.2 Å². The van der Waals surface area contributed by atoms with E-state index in [2.05, 4.69) is 5.32 Å². The molecule has 18 heavy (non-hydrogen) atoms. The minimum atomic E-state index is -0.404. The summed E-state index contributed by atoms with van der Waals surface area (Å²) in [4.78, 5) is 0. The second-order valence-corrected chi connectivity index (χ2v) is 5.52. The molecule has 1 atom stereocenters. The number of halogens is 2. The van der Waals surface area contributed by atoms with Crippen LogP contribution in [0.25, 0.3) is 0 Å². The number of ether oxygens (including phenoxy) is 1. The van der Waals surface area contributed by atoms with Gasteiger partial charge >= 0.3 is 0 Å². The van der Waals surface area contributed by atoms with Gasteiger partial charge in [-0.2, -0.15) is 0 Å². The smallest absolute Gasteiger partial charge is 0.146 e. The van der Waals surface area contributed by atoms with Crippen molar-refractivity contribution >= 4 is 5.69 Å². The summed E-state index contributed by atoms with van der Waals surface area (Å²) in [6.45, 7) is 6.21. The summed E-state index contributed by atoms with van der Waals surface area (Å²) >= 11 is 0. The van der Waals surface area contributed by atoms with Crippen LogP contribution in [0.15, 0.2) is 12.1 Å². The van der Waals surface area contributed by atoms with Gasteiger partial charge in [-0.15, -0.1) is 0 Å². The first-order valence-electron chi connectivity index (χ1n) is 6.23. The lowest BCUT2D eigenvalue weighted by atomic mass is 9.93. The van der Waals surface area contributed by atoms with E-state index in [0.29, 0.717) is 12.2 Å². The molecule has 2 rings (SSSR count). The van der Waals surface area contributed by atoms with Crippen molar-refractivity contribution in [3.05, 3.63) is 29.3 Å². The molecule has 1 aliphatic heterocycles. The van der Waals surface area contributed by atoms with E-state index < -0.39 is 5.82 Å². The Hall–Kier alpha value is -1.16. The Balaban J connectivity index is 2.12. The summed E-state index contributed by atoms with van der Waals surface area (Å²) in [5.74, 6) is -0.789. The number of hydrogen-bond donors (Lipinski definition) is 1. The first kappa shape index (κ1) is 13.3. The molecular formula is C14H19F2NO. The molecule has 1 saturated heterocycles. The Labute approximate surface area is 106 Å². The zero-order chi connectivity index (χ0) is 13.3. The van der Waals surface area contributed by atoms with Gasteiger partial charge in [0.15, 0.2) is 0 Å². The van der Waals surface area contributed by atoms with E-state index in [1.54, 1.807) is 6.92 Å². The van der Waals surface area contributed by atoms with Crippen LogP contribution < -0.4 is 5.32 Å². The highest BCUT2D eigenvalue weighted by Gasteiger charge is 2.29. The number of nitrogens with one attached hydrogen (secondary N) is 1. The Kier molecular flexibility index (Phi) is 3.57. The molecule has 0 amide bonds. The van der Waals surface area contributed by atoms with Gasteiger partial charge in [-0.3, -0.25) is 0 Å². The molecule has 0 saturated carbocycles. The maximum Gasteiger partial charge on any atom is 0.146 e. The minimum absolute atomic E-state index is 0.116. The van der Waals surface area contributed by atoms with E-state index in [9.17, 15) is 8.78 Å². The monoisotopic (exact) mass is 255 g/mol.